The first kappa shape index (κ1) is 28.6. The predicted octanol–water partition coefficient (Wildman–Crippen LogP) is 4.44. The van der Waals surface area contributed by atoms with E-state index in [-0.39, 0.29) is 5.56 Å². The van der Waals surface area contributed by atoms with Gasteiger partial charge in [0.1, 0.15) is 11.6 Å². The molecular formula is C25H28F3NO7. The summed E-state index contributed by atoms with van der Waals surface area (Å²) in [7, 11) is 1.66. The van der Waals surface area contributed by atoms with Crippen LogP contribution in [0, 0.1) is 0 Å². The highest BCUT2D eigenvalue weighted by atomic mass is 19.4. The molecule has 0 aliphatic heterocycles. The fraction of sp³-hybridized carbons (Fsp3) is 0.400. The van der Waals surface area contributed by atoms with E-state index in [1.165, 1.54) is 30.3 Å². The first-order valence-corrected chi connectivity index (χ1v) is 10.8. The number of amides is 1. The van der Waals surface area contributed by atoms with E-state index >= 15 is 0 Å². The summed E-state index contributed by atoms with van der Waals surface area (Å²) in [5, 5.41) is 2.40. The molecule has 0 aliphatic carbocycles. The molecular weight excluding hydrogens is 483 g/mol. The number of esters is 2. The van der Waals surface area contributed by atoms with Gasteiger partial charge in [-0.3, -0.25) is 0 Å². The van der Waals surface area contributed by atoms with E-state index in [2.05, 4.69) is 5.32 Å². The standard InChI is InChI=1S/C25H28F3NO7/c1-23(2,3)36-22(32)29-18(16-12-8-6-9-13-16)19(20(30)33-4)35-21(31)24(34-5,25(26,27)28)17-14-10-7-11-15-17/h6-15,18-19H,1-5H3,(H,29,32)/t18-,19+,24-/m0/s1. The number of methoxy groups -OCH3 is 2. The molecule has 3 atom stereocenters. The van der Waals surface area contributed by atoms with Crippen molar-refractivity contribution in [2.24, 2.45) is 0 Å². The van der Waals surface area contributed by atoms with Gasteiger partial charge in [-0.15, -0.1) is 0 Å². The maximum Gasteiger partial charge on any atom is 0.432 e. The molecule has 2 aromatic carbocycles. The number of rotatable bonds is 8. The summed E-state index contributed by atoms with van der Waals surface area (Å²) in [5.41, 5.74) is -4.82. The van der Waals surface area contributed by atoms with E-state index in [4.69, 9.17) is 18.9 Å². The van der Waals surface area contributed by atoms with Crippen molar-refractivity contribution in [1.29, 1.82) is 0 Å². The molecule has 0 heterocycles. The molecule has 36 heavy (non-hydrogen) atoms. The fourth-order valence-corrected chi connectivity index (χ4v) is 3.38. The van der Waals surface area contributed by atoms with Crippen molar-refractivity contribution in [1.82, 2.24) is 5.32 Å². The van der Waals surface area contributed by atoms with E-state index in [0.717, 1.165) is 19.2 Å². The molecule has 0 aromatic heterocycles. The Morgan fingerprint density at radius 2 is 1.39 bits per heavy atom. The molecule has 0 unspecified atom stereocenters. The number of ether oxygens (including phenoxy) is 4. The SMILES string of the molecule is COC(=O)[C@H](OC(=O)[C@@](OC)(c1ccccc1)C(F)(F)F)[C@@H](NC(=O)OC(C)(C)C)c1ccccc1. The average Bonchev–Trinajstić information content (AvgIpc) is 2.80. The van der Waals surface area contributed by atoms with E-state index in [1.807, 2.05) is 0 Å². The van der Waals surface area contributed by atoms with E-state index in [9.17, 15) is 27.6 Å². The normalized spacial score (nSPS) is 15.1. The third-order valence-corrected chi connectivity index (χ3v) is 4.97. The summed E-state index contributed by atoms with van der Waals surface area (Å²) < 4.78 is 62.8. The molecule has 2 aromatic rings. The number of halogens is 3. The molecule has 1 amide bonds. The van der Waals surface area contributed by atoms with Crippen molar-refractivity contribution in [3.05, 3.63) is 71.8 Å². The lowest BCUT2D eigenvalue weighted by molar-refractivity contribution is -0.278. The maximum atomic E-state index is 14.3. The van der Waals surface area contributed by atoms with Crippen LogP contribution < -0.4 is 5.32 Å². The van der Waals surface area contributed by atoms with E-state index in [0.29, 0.717) is 7.11 Å². The second-order valence-corrected chi connectivity index (χ2v) is 8.63. The molecule has 8 nitrogen and oxygen atoms in total. The topological polar surface area (TPSA) is 100 Å². The van der Waals surface area contributed by atoms with Gasteiger partial charge in [-0.05, 0) is 26.3 Å². The van der Waals surface area contributed by atoms with Crippen molar-refractivity contribution < 1.29 is 46.5 Å². The van der Waals surface area contributed by atoms with Crippen molar-refractivity contribution in [2.45, 2.75) is 50.3 Å². The molecule has 0 radical (unpaired) electrons. The lowest BCUT2D eigenvalue weighted by Gasteiger charge is -2.35. The highest BCUT2D eigenvalue weighted by molar-refractivity contribution is 5.87. The van der Waals surface area contributed by atoms with Gasteiger partial charge in [-0.2, -0.15) is 13.2 Å². The highest BCUT2D eigenvalue weighted by Gasteiger charge is 2.64. The van der Waals surface area contributed by atoms with Crippen LogP contribution in [-0.2, 0) is 34.1 Å². The Morgan fingerprint density at radius 1 is 0.861 bits per heavy atom. The average molecular weight is 511 g/mol. The van der Waals surface area contributed by atoms with Crippen LogP contribution in [0.3, 0.4) is 0 Å². The van der Waals surface area contributed by atoms with Crippen molar-refractivity contribution in [2.75, 3.05) is 14.2 Å². The van der Waals surface area contributed by atoms with Crippen LogP contribution in [0.5, 0.6) is 0 Å². The number of carbonyl (C=O) groups excluding carboxylic acids is 3. The van der Waals surface area contributed by atoms with Crippen LogP contribution in [0.4, 0.5) is 18.0 Å². The molecule has 2 rings (SSSR count). The number of carbonyl (C=O) groups is 3. The third kappa shape index (κ3) is 6.54. The van der Waals surface area contributed by atoms with Gasteiger partial charge in [-0.1, -0.05) is 60.7 Å². The zero-order valence-corrected chi connectivity index (χ0v) is 20.4. The van der Waals surface area contributed by atoms with Crippen LogP contribution >= 0.6 is 0 Å². The summed E-state index contributed by atoms with van der Waals surface area (Å²) in [6, 6.07) is 12.4. The Bertz CT molecular complexity index is 1040. The molecule has 0 spiro atoms. The summed E-state index contributed by atoms with van der Waals surface area (Å²) in [4.78, 5) is 38.5. The van der Waals surface area contributed by atoms with Crippen LogP contribution in [-0.4, -0.2) is 50.1 Å². The molecule has 11 heteroatoms. The van der Waals surface area contributed by atoms with Crippen LogP contribution in [0.1, 0.15) is 37.9 Å². The zero-order chi connectivity index (χ0) is 27.1. The van der Waals surface area contributed by atoms with Gasteiger partial charge in [-0.25, -0.2) is 14.4 Å². The second-order valence-electron chi connectivity index (χ2n) is 8.63. The van der Waals surface area contributed by atoms with Crippen LogP contribution in [0.2, 0.25) is 0 Å². The van der Waals surface area contributed by atoms with Gasteiger partial charge in [0.25, 0.3) is 5.60 Å². The molecule has 1 N–H and O–H groups in total. The van der Waals surface area contributed by atoms with Gasteiger partial charge in [0.2, 0.25) is 6.10 Å². The minimum absolute atomic E-state index is 0.237. The van der Waals surface area contributed by atoms with Gasteiger partial charge in [0.05, 0.1) is 7.11 Å². The molecule has 0 saturated heterocycles. The third-order valence-electron chi connectivity index (χ3n) is 4.97. The summed E-state index contributed by atoms with van der Waals surface area (Å²) >= 11 is 0. The number of nitrogens with one attached hydrogen (secondary N) is 1. The largest absolute Gasteiger partial charge is 0.466 e. The monoisotopic (exact) mass is 511 g/mol. The summed E-state index contributed by atoms with van der Waals surface area (Å²) in [5.74, 6) is -3.14. The Hall–Kier alpha value is -3.60. The first-order chi connectivity index (χ1) is 16.8. The first-order valence-electron chi connectivity index (χ1n) is 10.8. The van der Waals surface area contributed by atoms with Crippen molar-refractivity contribution in [3.63, 3.8) is 0 Å². The second kappa shape index (κ2) is 11.4. The molecule has 0 saturated carbocycles. The smallest absolute Gasteiger partial charge is 0.432 e. The quantitative estimate of drug-likeness (QED) is 0.413. The number of alkyl carbamates (subject to hydrolysis) is 1. The molecule has 196 valence electrons. The van der Waals surface area contributed by atoms with Gasteiger partial charge in [0, 0.05) is 12.7 Å². The Balaban J connectivity index is 2.57. The lowest BCUT2D eigenvalue weighted by atomic mass is 9.92. The number of hydrogen-bond acceptors (Lipinski definition) is 7. The summed E-state index contributed by atoms with van der Waals surface area (Å²) in [6.45, 7) is 4.79. The van der Waals surface area contributed by atoms with Gasteiger partial charge < -0.3 is 24.3 Å². The zero-order valence-electron chi connectivity index (χ0n) is 20.4. The van der Waals surface area contributed by atoms with Crippen LogP contribution in [0.15, 0.2) is 60.7 Å². The van der Waals surface area contributed by atoms with Gasteiger partial charge in [0.15, 0.2) is 0 Å². The predicted molar refractivity (Wildman–Crippen MR) is 122 cm³/mol. The van der Waals surface area contributed by atoms with Crippen molar-refractivity contribution in [3.8, 4) is 0 Å². The lowest BCUT2D eigenvalue weighted by Crippen LogP contribution is -2.54. The van der Waals surface area contributed by atoms with Crippen molar-refractivity contribution >= 4 is 18.0 Å². The minimum atomic E-state index is -5.28. The minimum Gasteiger partial charge on any atom is -0.466 e. The molecule has 0 bridgehead atoms. The number of benzene rings is 2. The fourth-order valence-electron chi connectivity index (χ4n) is 3.38. The summed E-state index contributed by atoms with van der Waals surface area (Å²) in [6.07, 6.45) is -8.31. The molecule has 0 fully saturated rings. The maximum absolute atomic E-state index is 14.3. The number of alkyl halides is 3. The molecule has 0 aliphatic rings. The van der Waals surface area contributed by atoms with E-state index in [1.54, 1.807) is 39.0 Å². The Kier molecular flexibility index (Phi) is 9.09. The Labute approximate surface area is 206 Å². The van der Waals surface area contributed by atoms with E-state index < -0.39 is 53.1 Å². The van der Waals surface area contributed by atoms with Crippen LogP contribution in [0.25, 0.3) is 0 Å². The Morgan fingerprint density at radius 3 is 1.83 bits per heavy atom. The number of hydrogen-bond donors (Lipinski definition) is 1. The van der Waals surface area contributed by atoms with Gasteiger partial charge >= 0.3 is 24.2 Å². The highest BCUT2D eigenvalue weighted by Crippen LogP contribution is 2.43.